The smallest absolute Gasteiger partial charge is 0.267 e. The maximum Gasteiger partial charge on any atom is 0.281 e. The molecule has 1 aliphatic rings. The second-order valence-corrected chi connectivity index (χ2v) is 5.88. The first kappa shape index (κ1) is 16.0. The highest BCUT2D eigenvalue weighted by Gasteiger charge is 2.31. The summed E-state index contributed by atoms with van der Waals surface area (Å²) in [6.45, 7) is 0. The monoisotopic (exact) mass is 342 g/mol. The number of benzene rings is 3. The molecule has 1 aliphatic heterocycles. The van der Waals surface area contributed by atoms with E-state index in [9.17, 15) is 9.18 Å². The maximum absolute atomic E-state index is 13.2. The lowest BCUT2D eigenvalue weighted by atomic mass is 10.0. The van der Waals surface area contributed by atoms with Crippen LogP contribution in [-0.4, -0.2) is 11.6 Å². The first-order valence-corrected chi connectivity index (χ1v) is 8.23. The topological polar surface area (TPSA) is 32.7 Å². The number of hydrogen-bond donors (Lipinski definition) is 0. The Balaban J connectivity index is 1.82. The van der Waals surface area contributed by atoms with Gasteiger partial charge in [0.2, 0.25) is 0 Å². The molecule has 3 aromatic rings. The van der Waals surface area contributed by atoms with E-state index in [1.165, 1.54) is 17.1 Å². The molecular weight excluding hydrogens is 327 g/mol. The molecule has 0 radical (unpaired) electrons. The van der Waals surface area contributed by atoms with Crippen LogP contribution in [0.1, 0.15) is 11.1 Å². The van der Waals surface area contributed by atoms with Crippen molar-refractivity contribution in [3.05, 3.63) is 107 Å². The summed E-state index contributed by atoms with van der Waals surface area (Å²) >= 11 is 0. The summed E-state index contributed by atoms with van der Waals surface area (Å²) in [5, 5.41) is 5.96. The Bertz CT molecular complexity index is 993. The fourth-order valence-corrected chi connectivity index (χ4v) is 2.82. The van der Waals surface area contributed by atoms with Gasteiger partial charge in [0, 0.05) is 5.56 Å². The zero-order valence-corrected chi connectivity index (χ0v) is 13.8. The van der Waals surface area contributed by atoms with Crippen molar-refractivity contribution in [1.29, 1.82) is 0 Å². The van der Waals surface area contributed by atoms with Gasteiger partial charge in [-0.1, -0.05) is 60.7 Å². The van der Waals surface area contributed by atoms with Gasteiger partial charge in [0.15, 0.2) is 0 Å². The third-order valence-electron chi connectivity index (χ3n) is 4.11. The zero-order chi connectivity index (χ0) is 17.9. The van der Waals surface area contributed by atoms with E-state index in [-0.39, 0.29) is 11.7 Å². The number of carbonyl (C=O) groups is 1. The Labute approximate surface area is 150 Å². The number of nitrogens with zero attached hydrogens (tertiary/aromatic N) is 2. The predicted octanol–water partition coefficient (Wildman–Crippen LogP) is 4.66. The van der Waals surface area contributed by atoms with Gasteiger partial charge in [-0.2, -0.15) is 10.1 Å². The van der Waals surface area contributed by atoms with Gasteiger partial charge in [-0.3, -0.25) is 4.79 Å². The molecule has 0 aliphatic carbocycles. The van der Waals surface area contributed by atoms with Crippen LogP contribution < -0.4 is 5.01 Å². The number of carbonyl (C=O) groups excluding carboxylic acids is 1. The standard InChI is InChI=1S/C22H15FN2O/c23-18-13-11-16(12-14-18)15-20-21(17-7-3-1-4-8-17)24-25(22(20)26)19-9-5-2-6-10-19/h1-15H/b20-15-. The van der Waals surface area contributed by atoms with Crippen molar-refractivity contribution < 1.29 is 9.18 Å². The molecule has 3 nitrogen and oxygen atoms in total. The van der Waals surface area contributed by atoms with Crippen molar-refractivity contribution in [2.75, 3.05) is 5.01 Å². The van der Waals surface area contributed by atoms with Crippen molar-refractivity contribution in [3.63, 3.8) is 0 Å². The van der Waals surface area contributed by atoms with Gasteiger partial charge in [0.1, 0.15) is 11.5 Å². The average Bonchev–Trinajstić information content (AvgIpc) is 3.01. The van der Waals surface area contributed by atoms with Crippen LogP contribution in [0.25, 0.3) is 6.08 Å². The summed E-state index contributed by atoms with van der Waals surface area (Å²) in [7, 11) is 0. The average molecular weight is 342 g/mol. The van der Waals surface area contributed by atoms with Gasteiger partial charge in [-0.25, -0.2) is 4.39 Å². The molecule has 1 amide bonds. The number of halogens is 1. The quantitative estimate of drug-likeness (QED) is 0.637. The van der Waals surface area contributed by atoms with E-state index < -0.39 is 0 Å². The lowest BCUT2D eigenvalue weighted by Crippen LogP contribution is -2.21. The Hall–Kier alpha value is -3.53. The Kier molecular flexibility index (Phi) is 4.15. The number of hydrogen-bond acceptors (Lipinski definition) is 2. The second-order valence-electron chi connectivity index (χ2n) is 5.88. The van der Waals surface area contributed by atoms with Crippen molar-refractivity contribution in [2.45, 2.75) is 0 Å². The molecule has 126 valence electrons. The normalized spacial score (nSPS) is 15.4. The Morgan fingerprint density at radius 3 is 2.08 bits per heavy atom. The van der Waals surface area contributed by atoms with Gasteiger partial charge in [-0.05, 0) is 35.9 Å². The minimum absolute atomic E-state index is 0.209. The van der Waals surface area contributed by atoms with Crippen LogP contribution in [0.15, 0.2) is 95.6 Å². The van der Waals surface area contributed by atoms with Crippen LogP contribution in [0.5, 0.6) is 0 Å². The number of hydrazone groups is 1. The highest BCUT2D eigenvalue weighted by atomic mass is 19.1. The van der Waals surface area contributed by atoms with Crippen LogP contribution in [0.3, 0.4) is 0 Å². The first-order chi connectivity index (χ1) is 12.7. The molecule has 0 aromatic heterocycles. The summed E-state index contributed by atoms with van der Waals surface area (Å²) in [6, 6.07) is 24.9. The fraction of sp³-hybridized carbons (Fsp3) is 0. The Morgan fingerprint density at radius 1 is 0.808 bits per heavy atom. The second kappa shape index (κ2) is 6.76. The van der Waals surface area contributed by atoms with E-state index in [1.807, 2.05) is 60.7 Å². The third-order valence-corrected chi connectivity index (χ3v) is 4.11. The SMILES string of the molecule is O=C1/C(=C\c2ccc(F)cc2)C(c2ccccc2)=NN1c1ccccc1. The molecule has 4 heteroatoms. The molecule has 4 rings (SSSR count). The summed E-state index contributed by atoms with van der Waals surface area (Å²) in [5.41, 5.74) is 3.38. The molecular formula is C22H15FN2O. The van der Waals surface area contributed by atoms with E-state index in [4.69, 9.17) is 0 Å². The molecule has 0 N–H and O–H groups in total. The Morgan fingerprint density at radius 2 is 1.42 bits per heavy atom. The number of rotatable bonds is 3. The van der Waals surface area contributed by atoms with Crippen LogP contribution in [-0.2, 0) is 4.79 Å². The lowest BCUT2D eigenvalue weighted by molar-refractivity contribution is -0.114. The summed E-state index contributed by atoms with van der Waals surface area (Å²) < 4.78 is 13.2. The van der Waals surface area contributed by atoms with E-state index in [0.717, 1.165) is 11.1 Å². The van der Waals surface area contributed by atoms with Crippen LogP contribution in [0.2, 0.25) is 0 Å². The van der Waals surface area contributed by atoms with Gasteiger partial charge in [-0.15, -0.1) is 0 Å². The van der Waals surface area contributed by atoms with E-state index in [1.54, 1.807) is 18.2 Å². The highest BCUT2D eigenvalue weighted by molar-refractivity contribution is 6.37. The van der Waals surface area contributed by atoms with Crippen molar-refractivity contribution in [3.8, 4) is 0 Å². The molecule has 0 atom stereocenters. The molecule has 0 fully saturated rings. The molecule has 3 aromatic carbocycles. The van der Waals surface area contributed by atoms with Crippen molar-refractivity contribution >= 4 is 23.4 Å². The third kappa shape index (κ3) is 3.05. The summed E-state index contributed by atoms with van der Waals surface area (Å²) in [5.74, 6) is -0.521. The van der Waals surface area contributed by atoms with E-state index >= 15 is 0 Å². The molecule has 0 spiro atoms. The molecule has 0 saturated heterocycles. The molecule has 0 unspecified atom stereocenters. The van der Waals surface area contributed by atoms with E-state index in [2.05, 4.69) is 5.10 Å². The molecule has 1 heterocycles. The first-order valence-electron chi connectivity index (χ1n) is 8.23. The van der Waals surface area contributed by atoms with Crippen LogP contribution in [0, 0.1) is 5.82 Å². The molecule has 0 bridgehead atoms. The van der Waals surface area contributed by atoms with Crippen LogP contribution >= 0.6 is 0 Å². The molecule has 26 heavy (non-hydrogen) atoms. The fourth-order valence-electron chi connectivity index (χ4n) is 2.82. The highest BCUT2D eigenvalue weighted by Crippen LogP contribution is 2.27. The molecule has 0 saturated carbocycles. The number of anilines is 1. The van der Waals surface area contributed by atoms with Gasteiger partial charge in [0.05, 0.1) is 11.3 Å². The maximum atomic E-state index is 13.2. The van der Waals surface area contributed by atoms with Crippen molar-refractivity contribution in [1.82, 2.24) is 0 Å². The predicted molar refractivity (Wildman–Crippen MR) is 101 cm³/mol. The van der Waals surface area contributed by atoms with Gasteiger partial charge in [0.25, 0.3) is 5.91 Å². The van der Waals surface area contributed by atoms with Gasteiger partial charge >= 0.3 is 0 Å². The largest absolute Gasteiger partial charge is 0.281 e. The van der Waals surface area contributed by atoms with Crippen LogP contribution in [0.4, 0.5) is 10.1 Å². The summed E-state index contributed by atoms with van der Waals surface area (Å²) in [4.78, 5) is 13.0. The zero-order valence-electron chi connectivity index (χ0n) is 13.8. The minimum Gasteiger partial charge on any atom is -0.267 e. The minimum atomic E-state index is -0.312. The number of amides is 1. The number of para-hydroxylation sites is 1. The van der Waals surface area contributed by atoms with Gasteiger partial charge < -0.3 is 0 Å². The van der Waals surface area contributed by atoms with Crippen molar-refractivity contribution in [2.24, 2.45) is 5.10 Å². The van der Waals surface area contributed by atoms with E-state index in [0.29, 0.717) is 17.0 Å². The lowest BCUT2D eigenvalue weighted by Gasteiger charge is -2.10. The summed E-state index contributed by atoms with van der Waals surface area (Å²) in [6.07, 6.45) is 1.75.